The van der Waals surface area contributed by atoms with E-state index >= 15 is 0 Å². The molecular weight excluding hydrogens is 502 g/mol. The van der Waals surface area contributed by atoms with Crippen LogP contribution in [0.4, 0.5) is 5.69 Å². The first kappa shape index (κ1) is 30.7. The molecule has 0 radical (unpaired) electrons. The molecule has 1 aromatic carbocycles. The van der Waals surface area contributed by atoms with Gasteiger partial charge in [0.15, 0.2) is 0 Å². The molecule has 5 rings (SSSR count). The van der Waals surface area contributed by atoms with E-state index in [1.54, 1.807) is 5.57 Å². The fourth-order valence-electron chi connectivity index (χ4n) is 9.48. The minimum absolute atomic E-state index is 0.0766. The number of hydrogen-bond donors (Lipinski definition) is 2. The van der Waals surface area contributed by atoms with Crippen molar-refractivity contribution in [3.63, 3.8) is 0 Å². The molecule has 0 saturated heterocycles. The highest BCUT2D eigenvalue weighted by atomic mass is 16.6. The van der Waals surface area contributed by atoms with Crippen LogP contribution >= 0.6 is 0 Å². The Hall–Kier alpha value is -2.21. The number of nitro groups is 1. The Balaban J connectivity index is 0.000000259. The normalized spacial score (nSPS) is 35.4. The lowest BCUT2D eigenvalue weighted by molar-refractivity contribution is -0.385. The number of carboxylic acids is 1. The molecule has 0 heterocycles. The van der Waals surface area contributed by atoms with E-state index in [2.05, 4.69) is 40.7 Å². The third kappa shape index (κ3) is 6.03. The summed E-state index contributed by atoms with van der Waals surface area (Å²) in [4.78, 5) is 20.0. The molecule has 1 unspecified atom stereocenters. The maximum Gasteiger partial charge on any atom is 0.342 e. The Kier molecular flexibility index (Phi) is 9.49. The van der Waals surface area contributed by atoms with Gasteiger partial charge >= 0.3 is 5.97 Å². The highest BCUT2D eigenvalue weighted by Crippen LogP contribution is 2.67. The van der Waals surface area contributed by atoms with Gasteiger partial charge in [-0.25, -0.2) is 4.79 Å². The summed E-state index contributed by atoms with van der Waals surface area (Å²) in [5.41, 5.74) is 1.93. The van der Waals surface area contributed by atoms with Crippen molar-refractivity contribution in [2.75, 3.05) is 0 Å². The summed E-state index contributed by atoms with van der Waals surface area (Å²) in [5, 5.41) is 29.0. The number of nitro benzene ring substituents is 1. The summed E-state index contributed by atoms with van der Waals surface area (Å²) < 4.78 is 0. The molecule has 4 aliphatic rings. The molecular formula is C34H51NO5. The number of carbonyl (C=O) groups is 1. The fourth-order valence-corrected chi connectivity index (χ4v) is 9.48. The van der Waals surface area contributed by atoms with Gasteiger partial charge in [0.05, 0.1) is 11.0 Å². The quantitative estimate of drug-likeness (QED) is 0.200. The van der Waals surface area contributed by atoms with E-state index in [0.29, 0.717) is 10.8 Å². The van der Waals surface area contributed by atoms with Crippen LogP contribution in [0.25, 0.3) is 0 Å². The van der Waals surface area contributed by atoms with Crippen LogP contribution in [-0.2, 0) is 0 Å². The molecule has 0 bridgehead atoms. The van der Waals surface area contributed by atoms with Crippen LogP contribution in [0.2, 0.25) is 0 Å². The van der Waals surface area contributed by atoms with Crippen molar-refractivity contribution in [1.82, 2.24) is 0 Å². The highest BCUT2D eigenvalue weighted by Gasteiger charge is 2.59. The number of hydrogen-bond acceptors (Lipinski definition) is 4. The number of aliphatic hydroxyl groups is 1. The van der Waals surface area contributed by atoms with Crippen molar-refractivity contribution in [3.05, 3.63) is 51.6 Å². The van der Waals surface area contributed by atoms with Crippen molar-refractivity contribution < 1.29 is 19.9 Å². The lowest BCUT2D eigenvalue weighted by Crippen LogP contribution is -2.50. The first-order chi connectivity index (χ1) is 18.9. The smallest absolute Gasteiger partial charge is 0.342 e. The zero-order chi connectivity index (χ0) is 29.2. The minimum Gasteiger partial charge on any atom is -0.477 e. The van der Waals surface area contributed by atoms with Gasteiger partial charge in [0, 0.05) is 6.07 Å². The topological polar surface area (TPSA) is 101 Å². The first-order valence-corrected chi connectivity index (χ1v) is 15.7. The van der Waals surface area contributed by atoms with E-state index in [0.717, 1.165) is 54.4 Å². The molecule has 0 amide bonds. The van der Waals surface area contributed by atoms with E-state index in [1.807, 2.05) is 0 Å². The highest BCUT2D eigenvalue weighted by molar-refractivity contribution is 5.92. The first-order valence-electron chi connectivity index (χ1n) is 15.7. The van der Waals surface area contributed by atoms with E-state index in [9.17, 15) is 20.0 Å². The molecule has 0 aromatic heterocycles. The van der Waals surface area contributed by atoms with Crippen LogP contribution in [-0.4, -0.2) is 27.2 Å². The number of benzene rings is 1. The largest absolute Gasteiger partial charge is 0.477 e. The summed E-state index contributed by atoms with van der Waals surface area (Å²) >= 11 is 0. The van der Waals surface area contributed by atoms with E-state index in [-0.39, 0.29) is 17.4 Å². The number of para-hydroxylation sites is 1. The molecule has 0 aliphatic heterocycles. The third-order valence-electron chi connectivity index (χ3n) is 11.6. The molecule has 0 spiro atoms. The van der Waals surface area contributed by atoms with Gasteiger partial charge in [-0.15, -0.1) is 0 Å². The van der Waals surface area contributed by atoms with Crippen molar-refractivity contribution in [2.45, 2.75) is 111 Å². The summed E-state index contributed by atoms with van der Waals surface area (Å²) in [7, 11) is 0. The van der Waals surface area contributed by atoms with Gasteiger partial charge in [-0.2, -0.15) is 0 Å². The Bertz CT molecular complexity index is 1060. The van der Waals surface area contributed by atoms with Crippen molar-refractivity contribution in [1.29, 1.82) is 0 Å². The van der Waals surface area contributed by atoms with Gasteiger partial charge in [0.25, 0.3) is 5.69 Å². The molecule has 222 valence electrons. The van der Waals surface area contributed by atoms with Crippen molar-refractivity contribution >= 4 is 11.7 Å². The summed E-state index contributed by atoms with van der Waals surface area (Å²) in [5.74, 6) is 4.17. The van der Waals surface area contributed by atoms with Gasteiger partial charge in [0.1, 0.15) is 5.56 Å². The third-order valence-corrected chi connectivity index (χ3v) is 11.6. The number of aromatic carboxylic acids is 1. The summed E-state index contributed by atoms with van der Waals surface area (Å²) in [6.45, 7) is 12.6. The maximum absolute atomic E-state index is 10.4. The molecule has 2 N–H and O–H groups in total. The Morgan fingerprint density at radius 2 is 1.77 bits per heavy atom. The second-order valence-corrected chi connectivity index (χ2v) is 14.3. The second-order valence-electron chi connectivity index (χ2n) is 14.3. The zero-order valence-corrected chi connectivity index (χ0v) is 25.3. The average molecular weight is 554 g/mol. The monoisotopic (exact) mass is 553 g/mol. The molecule has 3 saturated carbocycles. The molecule has 8 atom stereocenters. The fraction of sp³-hybridized carbons (Fsp3) is 0.735. The predicted molar refractivity (Wildman–Crippen MR) is 159 cm³/mol. The van der Waals surface area contributed by atoms with Crippen LogP contribution in [0.5, 0.6) is 0 Å². The number of allylic oxidation sites excluding steroid dienone is 1. The molecule has 1 aromatic rings. The molecule has 6 nitrogen and oxygen atoms in total. The standard InChI is InChI=1S/C27H46O.C7H5NO4/c1-18(2)7-6-8-19(3)23-11-12-24-22-10-9-20-17-21(28)13-15-26(20,4)25(22)14-16-27(23,24)5;9-7(10)5-3-1-2-4-6(5)8(11)12/h9,18-19,21-25,28H,6-8,10-17H2,1-5H3;1-4H,(H,9,10)/t19?,21-,22-,23+,24-,25-,26-,27+;/m0./s1. The SMILES string of the molecule is CC(C)CCCC(C)[C@H]1CC[C@H]2[C@@H]3CC=C4C[C@@H](O)CC[C@]4(C)[C@H]3CC[C@]12C.O=C(O)c1ccccc1[N+](=O)[O-]. The molecule has 3 fully saturated rings. The van der Waals surface area contributed by atoms with Crippen LogP contribution < -0.4 is 0 Å². The maximum atomic E-state index is 10.4. The number of fused-ring (bicyclic) bond motifs is 5. The zero-order valence-electron chi connectivity index (χ0n) is 25.3. The van der Waals surface area contributed by atoms with E-state index in [1.165, 1.54) is 76.0 Å². The second kappa shape index (κ2) is 12.3. The summed E-state index contributed by atoms with van der Waals surface area (Å²) in [6.07, 6.45) is 17.2. The molecule has 6 heteroatoms. The minimum atomic E-state index is -1.29. The predicted octanol–water partition coefficient (Wildman–Crippen LogP) is 8.68. The van der Waals surface area contributed by atoms with Crippen LogP contribution in [0, 0.1) is 56.5 Å². The van der Waals surface area contributed by atoms with Crippen LogP contribution in [0.3, 0.4) is 0 Å². The molecule has 4 aliphatic carbocycles. The Morgan fingerprint density at radius 1 is 1.05 bits per heavy atom. The Labute approximate surface area is 240 Å². The van der Waals surface area contributed by atoms with E-state index in [4.69, 9.17) is 5.11 Å². The number of carboxylic acid groups (broad SMARTS) is 1. The summed E-state index contributed by atoms with van der Waals surface area (Å²) in [6, 6.07) is 5.21. The Morgan fingerprint density at radius 3 is 2.42 bits per heavy atom. The van der Waals surface area contributed by atoms with Crippen LogP contribution in [0.1, 0.15) is 116 Å². The lowest BCUT2D eigenvalue weighted by atomic mass is 9.47. The van der Waals surface area contributed by atoms with Gasteiger partial charge in [0.2, 0.25) is 0 Å². The van der Waals surface area contributed by atoms with Gasteiger partial charge in [-0.3, -0.25) is 10.1 Å². The molecule has 40 heavy (non-hydrogen) atoms. The van der Waals surface area contributed by atoms with Crippen molar-refractivity contribution in [3.8, 4) is 0 Å². The van der Waals surface area contributed by atoms with Crippen LogP contribution in [0.15, 0.2) is 35.9 Å². The lowest BCUT2D eigenvalue weighted by Gasteiger charge is -2.58. The van der Waals surface area contributed by atoms with Gasteiger partial charge in [-0.05, 0) is 104 Å². The van der Waals surface area contributed by atoms with Crippen molar-refractivity contribution in [2.24, 2.45) is 46.3 Å². The van der Waals surface area contributed by atoms with E-state index < -0.39 is 10.9 Å². The van der Waals surface area contributed by atoms with Gasteiger partial charge < -0.3 is 10.2 Å². The number of aliphatic hydroxyl groups excluding tert-OH is 1. The number of nitrogens with zero attached hydrogens (tertiary/aromatic N) is 1. The van der Waals surface area contributed by atoms with Gasteiger partial charge in [-0.1, -0.05) is 77.7 Å². The number of rotatable bonds is 7. The average Bonchev–Trinajstić information content (AvgIpc) is 3.26.